The van der Waals surface area contributed by atoms with E-state index in [1.807, 2.05) is 0 Å². The van der Waals surface area contributed by atoms with Crippen molar-refractivity contribution >= 4 is 17.6 Å². The number of aromatic nitrogens is 1. The van der Waals surface area contributed by atoms with Crippen molar-refractivity contribution < 1.29 is 23.8 Å². The standard InChI is InChI=1S/C49H84N4O5/c1-4-7-10-13-16-19-22-25-28-33-38-56-45-41-43(51-49(55)53-52-48(54)44-36-31-32-37-50-44)42-46(57-39-34-29-26-23-20-17-14-11-8-5-2)47(45)58-40-35-30-27-24-21-18-15-12-9-6-3/h31-32,36-37,41-42H,4-30,33-35,38-40H2,1-3H3,(H,52,54)(H2,51,53,55). The molecule has 0 aliphatic heterocycles. The minimum atomic E-state index is -0.593. The van der Waals surface area contributed by atoms with E-state index in [0.717, 1.165) is 38.5 Å². The van der Waals surface area contributed by atoms with Gasteiger partial charge in [0, 0.05) is 18.3 Å². The largest absolute Gasteiger partial charge is 0.489 e. The predicted molar refractivity (Wildman–Crippen MR) is 242 cm³/mol. The SMILES string of the molecule is CCCCCCCCCCCCOc1cc(NC(=O)NNC(=O)c2ccccn2)cc(OCCCCCCCCCCCC)c1OCCCCCCCCCCCC. The Labute approximate surface area is 354 Å². The van der Waals surface area contributed by atoms with Gasteiger partial charge in [-0.1, -0.05) is 200 Å². The molecule has 0 bridgehead atoms. The van der Waals surface area contributed by atoms with Crippen LogP contribution in [0.15, 0.2) is 36.5 Å². The molecule has 2 rings (SSSR count). The molecule has 0 unspecified atom stereocenters. The van der Waals surface area contributed by atoms with Crippen LogP contribution in [0.5, 0.6) is 17.2 Å². The van der Waals surface area contributed by atoms with Crippen molar-refractivity contribution in [3.05, 3.63) is 42.2 Å². The number of amides is 3. The lowest BCUT2D eigenvalue weighted by atomic mass is 10.1. The highest BCUT2D eigenvalue weighted by Crippen LogP contribution is 2.41. The van der Waals surface area contributed by atoms with E-state index in [1.165, 1.54) is 160 Å². The van der Waals surface area contributed by atoms with Gasteiger partial charge in [0.05, 0.1) is 25.5 Å². The maximum atomic E-state index is 13.0. The quantitative estimate of drug-likeness (QED) is 0.0460. The minimum Gasteiger partial charge on any atom is -0.489 e. The Kier molecular flexibility index (Phi) is 31.9. The fourth-order valence-corrected chi connectivity index (χ4v) is 7.15. The second-order valence-corrected chi connectivity index (χ2v) is 16.1. The number of carbonyl (C=O) groups excluding carboxylic acids is 2. The molecule has 9 nitrogen and oxygen atoms in total. The maximum absolute atomic E-state index is 13.0. The number of pyridine rings is 1. The van der Waals surface area contributed by atoms with Gasteiger partial charge in [-0.2, -0.15) is 0 Å². The highest BCUT2D eigenvalue weighted by atomic mass is 16.5. The van der Waals surface area contributed by atoms with Crippen molar-refractivity contribution in [3.63, 3.8) is 0 Å². The Balaban J connectivity index is 2.05. The van der Waals surface area contributed by atoms with Crippen LogP contribution < -0.4 is 30.4 Å². The summed E-state index contributed by atoms with van der Waals surface area (Å²) in [5.74, 6) is 1.23. The second kappa shape index (κ2) is 36.6. The molecule has 0 saturated heterocycles. The number of urea groups is 1. The molecule has 0 aliphatic rings. The first-order chi connectivity index (χ1) is 28.6. The highest BCUT2D eigenvalue weighted by molar-refractivity contribution is 5.96. The normalized spacial score (nSPS) is 11.0. The summed E-state index contributed by atoms with van der Waals surface area (Å²) in [6.45, 7) is 8.48. The number of hydrogen-bond donors (Lipinski definition) is 3. The van der Waals surface area contributed by atoms with Crippen LogP contribution in [-0.4, -0.2) is 36.7 Å². The van der Waals surface area contributed by atoms with Gasteiger partial charge in [-0.25, -0.2) is 10.2 Å². The molecule has 3 amide bonds. The average Bonchev–Trinajstić information content (AvgIpc) is 3.23. The molecule has 0 fully saturated rings. The molecular weight excluding hydrogens is 725 g/mol. The topological polar surface area (TPSA) is 111 Å². The summed E-state index contributed by atoms with van der Waals surface area (Å²) in [5.41, 5.74) is 5.56. The molecule has 9 heteroatoms. The third-order valence-corrected chi connectivity index (χ3v) is 10.7. The molecular formula is C49H84N4O5. The molecule has 1 heterocycles. The van der Waals surface area contributed by atoms with Gasteiger partial charge in [0.1, 0.15) is 5.69 Å². The van der Waals surface area contributed by atoms with E-state index in [-0.39, 0.29) is 5.69 Å². The van der Waals surface area contributed by atoms with Crippen LogP contribution >= 0.6 is 0 Å². The first kappa shape index (κ1) is 50.7. The van der Waals surface area contributed by atoms with Crippen molar-refractivity contribution in [2.24, 2.45) is 0 Å². The smallest absolute Gasteiger partial charge is 0.337 e. The highest BCUT2D eigenvalue weighted by Gasteiger charge is 2.18. The molecule has 2 aromatic rings. The lowest BCUT2D eigenvalue weighted by Gasteiger charge is -2.19. The Morgan fingerprint density at radius 1 is 0.483 bits per heavy atom. The number of nitrogens with one attached hydrogen (secondary N) is 3. The van der Waals surface area contributed by atoms with Gasteiger partial charge in [-0.15, -0.1) is 0 Å². The minimum absolute atomic E-state index is 0.206. The van der Waals surface area contributed by atoms with Crippen LogP contribution in [0.4, 0.5) is 10.5 Å². The Morgan fingerprint density at radius 3 is 1.24 bits per heavy atom. The second-order valence-electron chi connectivity index (χ2n) is 16.1. The Hall–Kier alpha value is -3.49. The molecule has 0 spiro atoms. The van der Waals surface area contributed by atoms with Gasteiger partial charge >= 0.3 is 6.03 Å². The molecule has 0 radical (unpaired) electrons. The van der Waals surface area contributed by atoms with E-state index in [0.29, 0.717) is 42.8 Å². The van der Waals surface area contributed by atoms with Gasteiger partial charge < -0.3 is 19.5 Å². The van der Waals surface area contributed by atoms with Crippen molar-refractivity contribution in [3.8, 4) is 17.2 Å². The number of carbonyl (C=O) groups is 2. The molecule has 1 aromatic heterocycles. The fraction of sp³-hybridized carbons (Fsp3) is 0.735. The summed E-state index contributed by atoms with van der Waals surface area (Å²) >= 11 is 0. The van der Waals surface area contributed by atoms with Crippen LogP contribution in [0.3, 0.4) is 0 Å². The molecule has 0 saturated carbocycles. The zero-order chi connectivity index (χ0) is 41.6. The number of hydrogen-bond acceptors (Lipinski definition) is 6. The van der Waals surface area contributed by atoms with E-state index < -0.39 is 11.9 Å². The van der Waals surface area contributed by atoms with Crippen LogP contribution in [0.2, 0.25) is 0 Å². The van der Waals surface area contributed by atoms with Crippen LogP contribution in [0, 0.1) is 0 Å². The molecule has 0 aliphatic carbocycles. The van der Waals surface area contributed by atoms with E-state index in [9.17, 15) is 9.59 Å². The lowest BCUT2D eigenvalue weighted by Crippen LogP contribution is -2.44. The van der Waals surface area contributed by atoms with Crippen molar-refractivity contribution in [2.75, 3.05) is 25.1 Å². The third-order valence-electron chi connectivity index (χ3n) is 10.7. The summed E-state index contributed by atoms with van der Waals surface area (Å²) in [6.07, 6.45) is 39.1. The number of unbranched alkanes of at least 4 members (excludes halogenated alkanes) is 27. The van der Waals surface area contributed by atoms with Crippen LogP contribution in [0.25, 0.3) is 0 Å². The van der Waals surface area contributed by atoms with E-state index in [1.54, 1.807) is 30.3 Å². The molecule has 1 aromatic carbocycles. The van der Waals surface area contributed by atoms with Crippen molar-refractivity contribution in [1.29, 1.82) is 0 Å². The third kappa shape index (κ3) is 26.5. The van der Waals surface area contributed by atoms with E-state index >= 15 is 0 Å². The summed E-state index contributed by atoms with van der Waals surface area (Å²) in [6, 6.07) is 8.05. The first-order valence-corrected chi connectivity index (χ1v) is 23.9. The summed E-state index contributed by atoms with van der Waals surface area (Å²) in [4.78, 5) is 29.5. The first-order valence-electron chi connectivity index (χ1n) is 23.9. The van der Waals surface area contributed by atoms with Gasteiger partial charge in [-0.3, -0.25) is 15.2 Å². The van der Waals surface area contributed by atoms with Gasteiger partial charge in [0.15, 0.2) is 11.5 Å². The summed E-state index contributed by atoms with van der Waals surface area (Å²) < 4.78 is 19.3. The van der Waals surface area contributed by atoms with Crippen molar-refractivity contribution in [2.45, 2.75) is 213 Å². The lowest BCUT2D eigenvalue weighted by molar-refractivity contribution is 0.0933. The average molecular weight is 809 g/mol. The molecule has 58 heavy (non-hydrogen) atoms. The van der Waals surface area contributed by atoms with Gasteiger partial charge in [-0.05, 0) is 31.4 Å². The fourth-order valence-electron chi connectivity index (χ4n) is 7.15. The monoisotopic (exact) mass is 809 g/mol. The number of nitrogens with zero attached hydrogens (tertiary/aromatic N) is 1. The van der Waals surface area contributed by atoms with Crippen LogP contribution in [0.1, 0.15) is 224 Å². The van der Waals surface area contributed by atoms with E-state index in [2.05, 4.69) is 41.9 Å². The Bertz CT molecular complexity index is 1230. The predicted octanol–water partition coefficient (Wildman–Crippen LogP) is 14.4. The molecule has 3 N–H and O–H groups in total. The number of ether oxygens (including phenoxy) is 3. The van der Waals surface area contributed by atoms with Gasteiger partial charge in [0.2, 0.25) is 5.75 Å². The molecule has 0 atom stereocenters. The summed E-state index contributed by atoms with van der Waals surface area (Å²) in [5, 5.41) is 2.85. The van der Waals surface area contributed by atoms with Gasteiger partial charge in [0.25, 0.3) is 5.91 Å². The maximum Gasteiger partial charge on any atom is 0.337 e. The zero-order valence-corrected chi connectivity index (χ0v) is 37.3. The zero-order valence-electron chi connectivity index (χ0n) is 37.3. The number of anilines is 1. The van der Waals surface area contributed by atoms with E-state index in [4.69, 9.17) is 14.2 Å². The van der Waals surface area contributed by atoms with Crippen LogP contribution in [-0.2, 0) is 0 Å². The number of rotatable bonds is 38. The number of benzene rings is 1. The molecule has 330 valence electrons. The van der Waals surface area contributed by atoms with Crippen molar-refractivity contribution in [1.82, 2.24) is 15.8 Å². The number of hydrazine groups is 1. The summed E-state index contributed by atoms with van der Waals surface area (Å²) in [7, 11) is 0. The Morgan fingerprint density at radius 2 is 0.862 bits per heavy atom.